The van der Waals surface area contributed by atoms with Crippen LogP contribution in [-0.4, -0.2) is 52.6 Å². The van der Waals surface area contributed by atoms with E-state index in [0.717, 1.165) is 32.0 Å². The summed E-state index contributed by atoms with van der Waals surface area (Å²) < 4.78 is 0. The Morgan fingerprint density at radius 1 is 1.31 bits per heavy atom. The number of hydrogen-bond donors (Lipinski definition) is 1. The fourth-order valence-corrected chi connectivity index (χ4v) is 1.99. The molecule has 1 saturated heterocycles. The topological polar surface area (TPSA) is 58.3 Å². The van der Waals surface area contributed by atoms with Crippen molar-refractivity contribution >= 4 is 23.0 Å². The monoisotopic (exact) mass is 237 g/mol. The average Bonchev–Trinajstić information content (AvgIpc) is 2.30. The van der Waals surface area contributed by atoms with Gasteiger partial charge in [-0.05, 0) is 0 Å². The van der Waals surface area contributed by atoms with Gasteiger partial charge in [0.2, 0.25) is 0 Å². The summed E-state index contributed by atoms with van der Waals surface area (Å²) in [4.78, 5) is 13.4. The molecule has 1 aliphatic rings. The van der Waals surface area contributed by atoms with E-state index in [1.54, 1.807) is 18.6 Å². The lowest BCUT2D eigenvalue weighted by atomic mass is 10.3. The quantitative estimate of drug-likeness (QED) is 0.740. The number of thiocarbonyl (C=S) groups is 1. The third kappa shape index (κ3) is 2.86. The van der Waals surface area contributed by atoms with Crippen molar-refractivity contribution in [3.05, 3.63) is 18.6 Å². The summed E-state index contributed by atoms with van der Waals surface area (Å²) in [6, 6.07) is 0. The van der Waals surface area contributed by atoms with Gasteiger partial charge in [0.05, 0.1) is 11.2 Å². The Hall–Kier alpha value is -1.27. The van der Waals surface area contributed by atoms with Crippen LogP contribution >= 0.6 is 12.2 Å². The second-order valence-electron chi connectivity index (χ2n) is 3.79. The minimum atomic E-state index is 0.563. The minimum absolute atomic E-state index is 0.563. The fraction of sp³-hybridized carbons (Fsp3) is 0.500. The molecule has 0 atom stereocenters. The third-order valence-corrected chi connectivity index (χ3v) is 2.75. The van der Waals surface area contributed by atoms with Gasteiger partial charge in [-0.25, -0.2) is 4.98 Å². The zero-order chi connectivity index (χ0) is 11.4. The van der Waals surface area contributed by atoms with Gasteiger partial charge in [0.15, 0.2) is 0 Å². The highest BCUT2D eigenvalue weighted by Gasteiger charge is 2.17. The maximum atomic E-state index is 5.52. The molecule has 5 nitrogen and oxygen atoms in total. The molecule has 1 fully saturated rings. The lowest BCUT2D eigenvalue weighted by Gasteiger charge is -2.34. The molecule has 0 aromatic carbocycles. The molecule has 0 radical (unpaired) electrons. The van der Waals surface area contributed by atoms with Crippen molar-refractivity contribution in [1.82, 2.24) is 14.9 Å². The van der Waals surface area contributed by atoms with Crippen LogP contribution in [-0.2, 0) is 0 Å². The lowest BCUT2D eigenvalue weighted by molar-refractivity contribution is 0.291. The maximum Gasteiger partial charge on any atom is 0.147 e. The molecule has 1 aromatic heterocycles. The Labute approximate surface area is 100 Å². The van der Waals surface area contributed by atoms with E-state index in [-0.39, 0.29) is 0 Å². The summed E-state index contributed by atoms with van der Waals surface area (Å²) in [5, 5.41) is 0. The molecule has 86 valence electrons. The summed E-state index contributed by atoms with van der Waals surface area (Å²) in [5.41, 5.74) is 5.52. The first-order chi connectivity index (χ1) is 7.75. The van der Waals surface area contributed by atoms with Gasteiger partial charge >= 0.3 is 0 Å². The predicted octanol–water partition coefficient (Wildman–Crippen LogP) is -0.115. The van der Waals surface area contributed by atoms with Crippen molar-refractivity contribution in [2.75, 3.05) is 37.6 Å². The molecule has 0 unspecified atom stereocenters. The van der Waals surface area contributed by atoms with Crippen molar-refractivity contribution in [1.29, 1.82) is 0 Å². The maximum absolute atomic E-state index is 5.52. The summed E-state index contributed by atoms with van der Waals surface area (Å²) >= 11 is 4.90. The first-order valence-corrected chi connectivity index (χ1v) is 5.68. The Kier molecular flexibility index (Phi) is 3.63. The molecule has 0 amide bonds. The summed E-state index contributed by atoms with van der Waals surface area (Å²) in [6.45, 7) is 4.54. The molecule has 2 N–H and O–H groups in total. The van der Waals surface area contributed by atoms with Crippen LogP contribution < -0.4 is 10.6 Å². The molecule has 1 aliphatic heterocycles. The van der Waals surface area contributed by atoms with E-state index in [9.17, 15) is 0 Å². The van der Waals surface area contributed by atoms with Gasteiger partial charge in [-0.15, -0.1) is 0 Å². The van der Waals surface area contributed by atoms with E-state index in [1.165, 1.54) is 0 Å². The predicted molar refractivity (Wildman–Crippen MR) is 67.5 cm³/mol. The second kappa shape index (κ2) is 5.18. The van der Waals surface area contributed by atoms with Crippen LogP contribution in [0.25, 0.3) is 0 Å². The van der Waals surface area contributed by atoms with Crippen molar-refractivity contribution in [2.24, 2.45) is 5.73 Å². The first kappa shape index (κ1) is 11.2. The van der Waals surface area contributed by atoms with Gasteiger partial charge in [0.25, 0.3) is 0 Å². The molecular formula is C10H15N5S. The molecule has 2 rings (SSSR count). The molecule has 1 aromatic rings. The number of piperazine rings is 1. The van der Waals surface area contributed by atoms with E-state index < -0.39 is 0 Å². The first-order valence-electron chi connectivity index (χ1n) is 5.27. The summed E-state index contributed by atoms with van der Waals surface area (Å²) in [6.07, 6.45) is 5.20. The number of hydrogen-bond acceptors (Lipinski definition) is 5. The Morgan fingerprint density at radius 3 is 2.62 bits per heavy atom. The van der Waals surface area contributed by atoms with Crippen LogP contribution in [0.1, 0.15) is 0 Å². The van der Waals surface area contributed by atoms with Gasteiger partial charge in [-0.3, -0.25) is 9.88 Å². The molecule has 0 aliphatic carbocycles. The normalized spacial score (nSPS) is 17.4. The summed E-state index contributed by atoms with van der Waals surface area (Å²) in [5.74, 6) is 0.942. The zero-order valence-corrected chi connectivity index (χ0v) is 9.86. The van der Waals surface area contributed by atoms with E-state index in [4.69, 9.17) is 18.0 Å². The lowest BCUT2D eigenvalue weighted by Crippen LogP contribution is -2.48. The average molecular weight is 237 g/mol. The van der Waals surface area contributed by atoms with Crippen LogP contribution in [0, 0.1) is 0 Å². The highest BCUT2D eigenvalue weighted by molar-refractivity contribution is 7.80. The van der Waals surface area contributed by atoms with Crippen molar-refractivity contribution in [3.63, 3.8) is 0 Å². The fourth-order valence-electron chi connectivity index (χ4n) is 1.81. The van der Waals surface area contributed by atoms with Crippen molar-refractivity contribution < 1.29 is 0 Å². The molecule has 0 spiro atoms. The molecular weight excluding hydrogens is 222 g/mol. The molecule has 0 bridgehead atoms. The second-order valence-corrected chi connectivity index (χ2v) is 4.32. The Bertz CT molecular complexity index is 347. The highest BCUT2D eigenvalue weighted by Crippen LogP contribution is 2.10. The van der Waals surface area contributed by atoms with Gasteiger partial charge in [-0.2, -0.15) is 0 Å². The molecule has 6 heteroatoms. The van der Waals surface area contributed by atoms with Crippen LogP contribution in [0.2, 0.25) is 0 Å². The number of aromatic nitrogens is 2. The standard InChI is InChI=1S/C10H15N5S/c11-9(16)8-14-3-5-15(6-4-14)10-7-12-1-2-13-10/h1-2,7H,3-6,8H2,(H2,11,16). The van der Waals surface area contributed by atoms with Crippen LogP contribution in [0.15, 0.2) is 18.6 Å². The smallest absolute Gasteiger partial charge is 0.147 e. The number of nitrogens with zero attached hydrogens (tertiary/aromatic N) is 4. The van der Waals surface area contributed by atoms with Crippen LogP contribution in [0.3, 0.4) is 0 Å². The molecule has 16 heavy (non-hydrogen) atoms. The third-order valence-electron chi connectivity index (χ3n) is 2.63. The van der Waals surface area contributed by atoms with E-state index in [0.29, 0.717) is 11.5 Å². The van der Waals surface area contributed by atoms with Crippen molar-refractivity contribution in [3.8, 4) is 0 Å². The SMILES string of the molecule is NC(=S)CN1CCN(c2cnccn2)CC1. The Balaban J connectivity index is 1.88. The number of anilines is 1. The van der Waals surface area contributed by atoms with Gasteiger partial charge < -0.3 is 10.6 Å². The van der Waals surface area contributed by atoms with Gasteiger partial charge in [-0.1, -0.05) is 12.2 Å². The summed E-state index contributed by atoms with van der Waals surface area (Å²) in [7, 11) is 0. The van der Waals surface area contributed by atoms with E-state index >= 15 is 0 Å². The molecule has 2 heterocycles. The molecule has 0 saturated carbocycles. The largest absolute Gasteiger partial charge is 0.392 e. The van der Waals surface area contributed by atoms with Crippen molar-refractivity contribution in [2.45, 2.75) is 0 Å². The van der Waals surface area contributed by atoms with E-state index in [1.807, 2.05) is 0 Å². The number of rotatable bonds is 3. The number of nitrogens with two attached hydrogens (primary N) is 1. The van der Waals surface area contributed by atoms with E-state index in [2.05, 4.69) is 19.8 Å². The zero-order valence-electron chi connectivity index (χ0n) is 9.04. The Morgan fingerprint density at radius 2 is 2.06 bits per heavy atom. The minimum Gasteiger partial charge on any atom is -0.392 e. The van der Waals surface area contributed by atoms with Gasteiger partial charge in [0, 0.05) is 45.1 Å². The van der Waals surface area contributed by atoms with Gasteiger partial charge in [0.1, 0.15) is 5.82 Å². The van der Waals surface area contributed by atoms with Crippen LogP contribution in [0.5, 0.6) is 0 Å². The highest BCUT2D eigenvalue weighted by atomic mass is 32.1. The van der Waals surface area contributed by atoms with Crippen LogP contribution in [0.4, 0.5) is 5.82 Å².